The molecule has 4 heteroatoms. The van der Waals surface area contributed by atoms with Crippen molar-refractivity contribution in [1.82, 2.24) is 4.57 Å². The lowest BCUT2D eigenvalue weighted by Crippen LogP contribution is -2.13. The number of hydrogen-bond donors (Lipinski definition) is 2. The molecule has 4 rings (SSSR count). The van der Waals surface area contributed by atoms with E-state index in [1.54, 1.807) is 24.3 Å². The zero-order valence-electron chi connectivity index (χ0n) is 15.7. The standard InChI is InChI=1S/C24H22N2O2/c1-2-21-23(25-24(28)18-11-7-4-8-12-18)20-15-19(27)13-14-22(20)26(21)16-17-9-5-3-6-10-17/h3-15,27H,2,16H2,1H3,(H,25,28). The molecule has 1 heterocycles. The van der Waals surface area contributed by atoms with Crippen molar-refractivity contribution in [2.24, 2.45) is 0 Å². The van der Waals surface area contributed by atoms with Gasteiger partial charge in [0.25, 0.3) is 5.91 Å². The lowest BCUT2D eigenvalue weighted by molar-refractivity contribution is 0.102. The van der Waals surface area contributed by atoms with Crippen LogP contribution in [0.5, 0.6) is 5.75 Å². The second-order valence-electron chi connectivity index (χ2n) is 6.77. The van der Waals surface area contributed by atoms with Gasteiger partial charge in [-0.15, -0.1) is 0 Å². The third kappa shape index (κ3) is 3.37. The maximum absolute atomic E-state index is 12.8. The first-order chi connectivity index (χ1) is 13.7. The Balaban J connectivity index is 1.83. The van der Waals surface area contributed by atoms with Crippen molar-refractivity contribution in [2.45, 2.75) is 19.9 Å². The Morgan fingerprint density at radius 2 is 1.64 bits per heavy atom. The van der Waals surface area contributed by atoms with Gasteiger partial charge in [-0.05, 0) is 42.3 Å². The molecular weight excluding hydrogens is 348 g/mol. The van der Waals surface area contributed by atoms with Gasteiger partial charge in [0.15, 0.2) is 0 Å². The van der Waals surface area contributed by atoms with Crippen LogP contribution in [-0.4, -0.2) is 15.6 Å². The van der Waals surface area contributed by atoms with E-state index in [0.29, 0.717) is 12.1 Å². The molecule has 4 aromatic rings. The van der Waals surface area contributed by atoms with E-state index in [-0.39, 0.29) is 11.7 Å². The van der Waals surface area contributed by atoms with E-state index in [9.17, 15) is 9.90 Å². The number of nitrogens with zero attached hydrogens (tertiary/aromatic N) is 1. The minimum atomic E-state index is -0.155. The van der Waals surface area contributed by atoms with Crippen LogP contribution < -0.4 is 5.32 Å². The number of aromatic hydroxyl groups is 1. The maximum atomic E-state index is 12.8. The van der Waals surface area contributed by atoms with Crippen molar-refractivity contribution in [2.75, 3.05) is 5.32 Å². The molecule has 140 valence electrons. The molecule has 1 amide bonds. The third-order valence-electron chi connectivity index (χ3n) is 4.95. The quantitative estimate of drug-likeness (QED) is 0.507. The predicted molar refractivity (Wildman–Crippen MR) is 113 cm³/mol. The van der Waals surface area contributed by atoms with Crippen LogP contribution in [0.15, 0.2) is 78.9 Å². The normalized spacial score (nSPS) is 10.9. The van der Waals surface area contributed by atoms with Gasteiger partial charge in [-0.3, -0.25) is 4.79 Å². The van der Waals surface area contributed by atoms with Crippen LogP contribution in [0.25, 0.3) is 10.9 Å². The lowest BCUT2D eigenvalue weighted by Gasteiger charge is -2.12. The summed E-state index contributed by atoms with van der Waals surface area (Å²) in [6.07, 6.45) is 0.757. The molecule has 0 fully saturated rings. The van der Waals surface area contributed by atoms with Gasteiger partial charge < -0.3 is 15.0 Å². The van der Waals surface area contributed by atoms with Crippen molar-refractivity contribution < 1.29 is 9.90 Å². The fraction of sp³-hybridized carbons (Fsp3) is 0.125. The van der Waals surface area contributed by atoms with Crippen LogP contribution in [0, 0.1) is 0 Å². The summed E-state index contributed by atoms with van der Waals surface area (Å²) in [5, 5.41) is 14.0. The third-order valence-corrected chi connectivity index (χ3v) is 4.95. The van der Waals surface area contributed by atoms with Gasteiger partial charge in [-0.2, -0.15) is 0 Å². The van der Waals surface area contributed by atoms with E-state index < -0.39 is 0 Å². The average Bonchev–Trinajstić information content (AvgIpc) is 3.01. The first-order valence-electron chi connectivity index (χ1n) is 9.41. The topological polar surface area (TPSA) is 54.3 Å². The molecule has 1 aromatic heterocycles. The molecule has 2 N–H and O–H groups in total. The van der Waals surface area contributed by atoms with Crippen LogP contribution in [0.2, 0.25) is 0 Å². The Morgan fingerprint density at radius 1 is 0.964 bits per heavy atom. The fourth-order valence-electron chi connectivity index (χ4n) is 3.62. The highest BCUT2D eigenvalue weighted by Crippen LogP contribution is 2.35. The number of phenols is 1. The van der Waals surface area contributed by atoms with Gasteiger partial charge in [0, 0.05) is 23.2 Å². The van der Waals surface area contributed by atoms with E-state index in [1.165, 1.54) is 5.56 Å². The van der Waals surface area contributed by atoms with E-state index >= 15 is 0 Å². The number of benzene rings is 3. The van der Waals surface area contributed by atoms with Crippen LogP contribution in [0.1, 0.15) is 28.5 Å². The van der Waals surface area contributed by atoms with E-state index in [1.807, 2.05) is 42.5 Å². The lowest BCUT2D eigenvalue weighted by atomic mass is 10.1. The second kappa shape index (κ2) is 7.61. The molecular formula is C24H22N2O2. The molecule has 0 aliphatic heterocycles. The van der Waals surface area contributed by atoms with E-state index in [0.717, 1.165) is 28.7 Å². The number of amides is 1. The van der Waals surface area contributed by atoms with Crippen molar-refractivity contribution in [1.29, 1.82) is 0 Å². The van der Waals surface area contributed by atoms with E-state index in [4.69, 9.17) is 0 Å². The number of aromatic nitrogens is 1. The molecule has 0 bridgehead atoms. The highest BCUT2D eigenvalue weighted by molar-refractivity contribution is 6.10. The van der Waals surface area contributed by atoms with Crippen molar-refractivity contribution in [3.05, 3.63) is 95.7 Å². The minimum absolute atomic E-state index is 0.155. The zero-order valence-corrected chi connectivity index (χ0v) is 15.7. The molecule has 4 nitrogen and oxygen atoms in total. The molecule has 0 saturated heterocycles. The summed E-state index contributed by atoms with van der Waals surface area (Å²) in [6.45, 7) is 2.78. The summed E-state index contributed by atoms with van der Waals surface area (Å²) in [7, 11) is 0. The number of nitrogens with one attached hydrogen (secondary N) is 1. The molecule has 0 radical (unpaired) electrons. The average molecular weight is 370 g/mol. The monoisotopic (exact) mass is 370 g/mol. The predicted octanol–water partition coefficient (Wildman–Crippen LogP) is 5.21. The summed E-state index contributed by atoms with van der Waals surface area (Å²) in [4.78, 5) is 12.8. The smallest absolute Gasteiger partial charge is 0.255 e. The number of rotatable bonds is 5. The zero-order chi connectivity index (χ0) is 19.5. The van der Waals surface area contributed by atoms with Gasteiger partial charge in [0.2, 0.25) is 0 Å². The molecule has 28 heavy (non-hydrogen) atoms. The highest BCUT2D eigenvalue weighted by Gasteiger charge is 2.19. The van der Waals surface area contributed by atoms with Crippen LogP contribution in [0.4, 0.5) is 5.69 Å². The number of fused-ring (bicyclic) bond motifs is 1. The van der Waals surface area contributed by atoms with Gasteiger partial charge >= 0.3 is 0 Å². The Bertz CT molecular complexity index is 1120. The second-order valence-corrected chi connectivity index (χ2v) is 6.77. The highest BCUT2D eigenvalue weighted by atomic mass is 16.3. The summed E-state index contributed by atoms with van der Waals surface area (Å²) in [6, 6.07) is 24.7. The Labute approximate surface area is 164 Å². The van der Waals surface area contributed by atoms with Gasteiger partial charge in [0.1, 0.15) is 5.75 Å². The summed E-state index contributed by atoms with van der Waals surface area (Å²) in [5.74, 6) is 0.0274. The molecule has 0 aliphatic rings. The number of anilines is 1. The van der Waals surface area contributed by atoms with Crippen LogP contribution >= 0.6 is 0 Å². The molecule has 0 aliphatic carbocycles. The van der Waals surface area contributed by atoms with Crippen LogP contribution in [0.3, 0.4) is 0 Å². The Kier molecular flexibility index (Phi) is 4.85. The van der Waals surface area contributed by atoms with E-state index in [2.05, 4.69) is 28.9 Å². The van der Waals surface area contributed by atoms with Crippen LogP contribution in [-0.2, 0) is 13.0 Å². The number of carbonyl (C=O) groups is 1. The van der Waals surface area contributed by atoms with Gasteiger partial charge in [0.05, 0.1) is 11.2 Å². The Hall–Kier alpha value is -3.53. The minimum Gasteiger partial charge on any atom is -0.508 e. The Morgan fingerprint density at radius 3 is 2.32 bits per heavy atom. The number of carbonyl (C=O) groups excluding carboxylic acids is 1. The largest absolute Gasteiger partial charge is 0.508 e. The SMILES string of the molecule is CCc1c(NC(=O)c2ccccc2)c2cc(O)ccc2n1Cc1ccccc1. The van der Waals surface area contributed by atoms with Crippen molar-refractivity contribution in [3.63, 3.8) is 0 Å². The summed E-state index contributed by atoms with van der Waals surface area (Å²) >= 11 is 0. The first-order valence-corrected chi connectivity index (χ1v) is 9.41. The number of phenolic OH excluding ortho intramolecular Hbond substituents is 1. The first kappa shape index (κ1) is 17.9. The molecule has 0 spiro atoms. The molecule has 0 atom stereocenters. The molecule has 3 aromatic carbocycles. The van der Waals surface area contributed by atoms with Crippen molar-refractivity contribution in [3.8, 4) is 5.75 Å². The molecule has 0 unspecified atom stereocenters. The van der Waals surface area contributed by atoms with Gasteiger partial charge in [-0.1, -0.05) is 55.5 Å². The summed E-state index contributed by atoms with van der Waals surface area (Å²) in [5.41, 5.74) is 4.57. The summed E-state index contributed by atoms with van der Waals surface area (Å²) < 4.78 is 2.21. The van der Waals surface area contributed by atoms with Gasteiger partial charge in [-0.25, -0.2) is 0 Å². The molecule has 0 saturated carbocycles. The van der Waals surface area contributed by atoms with Crippen molar-refractivity contribution >= 4 is 22.5 Å². The maximum Gasteiger partial charge on any atom is 0.255 e. The fourth-order valence-corrected chi connectivity index (χ4v) is 3.62. The number of hydrogen-bond acceptors (Lipinski definition) is 2.